The van der Waals surface area contributed by atoms with Crippen molar-refractivity contribution in [1.82, 2.24) is 5.32 Å². The normalized spacial score (nSPS) is 12.2. The lowest BCUT2D eigenvalue weighted by Gasteiger charge is -2.16. The predicted molar refractivity (Wildman–Crippen MR) is 74.0 cm³/mol. The highest BCUT2D eigenvalue weighted by Crippen LogP contribution is 2.20. The standard InChI is InChI=1S/C12H15BrFNOS/c1-3-8(7-17-2)15-12(16)9-5-4-6-10(14)11(9)13/h4-6,8H,3,7H2,1-2H3,(H,15,16). The van der Waals surface area contributed by atoms with Crippen LogP contribution in [-0.4, -0.2) is 24.0 Å². The summed E-state index contributed by atoms with van der Waals surface area (Å²) in [5, 5.41) is 2.90. The highest BCUT2D eigenvalue weighted by Gasteiger charge is 2.15. The summed E-state index contributed by atoms with van der Waals surface area (Å²) < 4.78 is 13.5. The molecule has 0 saturated carbocycles. The molecule has 2 nitrogen and oxygen atoms in total. The van der Waals surface area contributed by atoms with Crippen LogP contribution in [0, 0.1) is 5.82 Å². The van der Waals surface area contributed by atoms with Crippen molar-refractivity contribution in [3.8, 4) is 0 Å². The lowest BCUT2D eigenvalue weighted by Crippen LogP contribution is -2.36. The molecule has 0 radical (unpaired) electrons. The first-order valence-corrected chi connectivity index (χ1v) is 7.52. The molecular formula is C12H15BrFNOS. The Labute approximate surface area is 113 Å². The van der Waals surface area contributed by atoms with Crippen LogP contribution >= 0.6 is 27.7 Å². The van der Waals surface area contributed by atoms with Crippen molar-refractivity contribution in [2.24, 2.45) is 0 Å². The van der Waals surface area contributed by atoms with Gasteiger partial charge in [0.05, 0.1) is 10.0 Å². The van der Waals surface area contributed by atoms with E-state index in [1.807, 2.05) is 13.2 Å². The summed E-state index contributed by atoms with van der Waals surface area (Å²) in [4.78, 5) is 11.9. The first-order chi connectivity index (χ1) is 8.10. The van der Waals surface area contributed by atoms with Crippen molar-refractivity contribution < 1.29 is 9.18 Å². The van der Waals surface area contributed by atoms with Crippen molar-refractivity contribution in [1.29, 1.82) is 0 Å². The first kappa shape index (κ1) is 14.5. The highest BCUT2D eigenvalue weighted by atomic mass is 79.9. The van der Waals surface area contributed by atoms with E-state index in [-0.39, 0.29) is 16.4 Å². The Hall–Kier alpha value is -0.550. The lowest BCUT2D eigenvalue weighted by atomic mass is 10.2. The fraction of sp³-hybridized carbons (Fsp3) is 0.417. The number of carbonyl (C=O) groups excluding carboxylic acids is 1. The van der Waals surface area contributed by atoms with Gasteiger partial charge in [-0.15, -0.1) is 0 Å². The number of amides is 1. The third kappa shape index (κ3) is 4.00. The molecule has 0 aliphatic heterocycles. The van der Waals surface area contributed by atoms with Gasteiger partial charge in [0.15, 0.2) is 0 Å². The number of hydrogen-bond donors (Lipinski definition) is 1. The number of carbonyl (C=O) groups is 1. The third-order valence-electron chi connectivity index (χ3n) is 2.39. The van der Waals surface area contributed by atoms with Crippen LogP contribution in [0.5, 0.6) is 0 Å². The number of hydrogen-bond acceptors (Lipinski definition) is 2. The van der Waals surface area contributed by atoms with Crippen molar-refractivity contribution in [3.05, 3.63) is 34.1 Å². The zero-order valence-corrected chi connectivity index (χ0v) is 12.2. The maximum absolute atomic E-state index is 13.3. The molecule has 17 heavy (non-hydrogen) atoms. The molecule has 1 N–H and O–H groups in total. The summed E-state index contributed by atoms with van der Waals surface area (Å²) in [5.74, 6) is 0.197. The minimum absolute atomic E-state index is 0.118. The fourth-order valence-corrected chi connectivity index (χ4v) is 2.57. The van der Waals surface area contributed by atoms with Gasteiger partial charge in [0.25, 0.3) is 5.91 Å². The van der Waals surface area contributed by atoms with E-state index in [9.17, 15) is 9.18 Å². The summed E-state index contributed by atoms with van der Waals surface area (Å²) in [5.41, 5.74) is 0.338. The number of halogens is 2. The second-order valence-electron chi connectivity index (χ2n) is 3.64. The average Bonchev–Trinajstić information content (AvgIpc) is 2.31. The van der Waals surface area contributed by atoms with E-state index in [1.165, 1.54) is 12.1 Å². The van der Waals surface area contributed by atoms with Crippen molar-refractivity contribution in [2.75, 3.05) is 12.0 Å². The van der Waals surface area contributed by atoms with Crippen LogP contribution in [0.25, 0.3) is 0 Å². The van der Waals surface area contributed by atoms with E-state index in [0.717, 1.165) is 12.2 Å². The average molecular weight is 320 g/mol. The summed E-state index contributed by atoms with van der Waals surface area (Å²) in [6.07, 6.45) is 2.85. The molecule has 1 rings (SSSR count). The third-order valence-corrected chi connectivity index (χ3v) is 3.93. The SMILES string of the molecule is CCC(CSC)NC(=O)c1cccc(F)c1Br. The molecule has 0 aliphatic rings. The Balaban J connectivity index is 2.79. The summed E-state index contributed by atoms with van der Waals surface area (Å²) in [7, 11) is 0. The largest absolute Gasteiger partial charge is 0.348 e. The predicted octanol–water partition coefficient (Wildman–Crippen LogP) is 3.46. The van der Waals surface area contributed by atoms with Gasteiger partial charge in [-0.05, 0) is 40.7 Å². The Kier molecular flexibility index (Phi) is 5.98. The molecular weight excluding hydrogens is 305 g/mol. The molecule has 1 amide bonds. The molecule has 1 aromatic rings. The van der Waals surface area contributed by atoms with Gasteiger partial charge in [-0.3, -0.25) is 4.79 Å². The van der Waals surface area contributed by atoms with Crippen molar-refractivity contribution in [2.45, 2.75) is 19.4 Å². The van der Waals surface area contributed by atoms with Gasteiger partial charge in [0.1, 0.15) is 5.82 Å². The van der Waals surface area contributed by atoms with Gasteiger partial charge in [-0.2, -0.15) is 11.8 Å². The summed E-state index contributed by atoms with van der Waals surface area (Å²) in [6.45, 7) is 2.02. The molecule has 0 bridgehead atoms. The van der Waals surface area contributed by atoms with Gasteiger partial charge in [-0.25, -0.2) is 4.39 Å². The van der Waals surface area contributed by atoms with Crippen LogP contribution in [0.4, 0.5) is 4.39 Å². The highest BCUT2D eigenvalue weighted by molar-refractivity contribution is 9.10. The minimum Gasteiger partial charge on any atom is -0.348 e. The molecule has 0 aromatic heterocycles. The quantitative estimate of drug-likeness (QED) is 0.900. The molecule has 5 heteroatoms. The zero-order valence-electron chi connectivity index (χ0n) is 9.80. The number of thioether (sulfide) groups is 1. The smallest absolute Gasteiger partial charge is 0.252 e. The van der Waals surface area contributed by atoms with Crippen LogP contribution < -0.4 is 5.32 Å². The molecule has 0 spiro atoms. The van der Waals surface area contributed by atoms with Gasteiger partial charge in [0, 0.05) is 11.8 Å². The molecule has 1 atom stereocenters. The minimum atomic E-state index is -0.421. The van der Waals surface area contributed by atoms with E-state index < -0.39 is 5.82 Å². The van der Waals surface area contributed by atoms with Crippen LogP contribution in [0.15, 0.2) is 22.7 Å². The Morgan fingerprint density at radius 2 is 2.29 bits per heavy atom. The molecule has 0 saturated heterocycles. The molecule has 94 valence electrons. The molecule has 1 aromatic carbocycles. The van der Waals surface area contributed by atoms with E-state index in [1.54, 1.807) is 17.8 Å². The molecule has 1 unspecified atom stereocenters. The molecule has 0 heterocycles. The number of nitrogens with one attached hydrogen (secondary N) is 1. The Morgan fingerprint density at radius 1 is 1.59 bits per heavy atom. The van der Waals surface area contributed by atoms with Gasteiger partial charge < -0.3 is 5.32 Å². The van der Waals surface area contributed by atoms with Crippen LogP contribution in [-0.2, 0) is 0 Å². The topological polar surface area (TPSA) is 29.1 Å². The van der Waals surface area contributed by atoms with Crippen molar-refractivity contribution in [3.63, 3.8) is 0 Å². The maximum atomic E-state index is 13.3. The number of benzene rings is 1. The van der Waals surface area contributed by atoms with E-state index in [4.69, 9.17) is 0 Å². The fourth-order valence-electron chi connectivity index (χ4n) is 1.41. The van der Waals surface area contributed by atoms with Gasteiger partial charge in [-0.1, -0.05) is 13.0 Å². The summed E-state index contributed by atoms with van der Waals surface area (Å²) in [6, 6.07) is 4.58. The van der Waals surface area contributed by atoms with E-state index in [0.29, 0.717) is 5.56 Å². The van der Waals surface area contributed by atoms with Crippen LogP contribution in [0.1, 0.15) is 23.7 Å². The van der Waals surface area contributed by atoms with Gasteiger partial charge in [0.2, 0.25) is 0 Å². The second kappa shape index (κ2) is 7.01. The first-order valence-electron chi connectivity index (χ1n) is 5.34. The van der Waals surface area contributed by atoms with Crippen LogP contribution in [0.3, 0.4) is 0 Å². The molecule has 0 fully saturated rings. The summed E-state index contributed by atoms with van der Waals surface area (Å²) >= 11 is 4.77. The van der Waals surface area contributed by atoms with Crippen molar-refractivity contribution >= 4 is 33.6 Å². The van der Waals surface area contributed by atoms with E-state index >= 15 is 0 Å². The number of rotatable bonds is 5. The Morgan fingerprint density at radius 3 is 2.88 bits per heavy atom. The maximum Gasteiger partial charge on any atom is 0.252 e. The van der Waals surface area contributed by atoms with Crippen LogP contribution in [0.2, 0.25) is 0 Å². The monoisotopic (exact) mass is 319 g/mol. The lowest BCUT2D eigenvalue weighted by molar-refractivity contribution is 0.0938. The molecule has 0 aliphatic carbocycles. The second-order valence-corrected chi connectivity index (χ2v) is 5.34. The van der Waals surface area contributed by atoms with E-state index in [2.05, 4.69) is 21.2 Å². The Bertz CT molecular complexity index is 400. The zero-order chi connectivity index (χ0) is 12.8. The van der Waals surface area contributed by atoms with Gasteiger partial charge >= 0.3 is 0 Å².